The largest absolute Gasteiger partial charge is 0.450 e. The second kappa shape index (κ2) is 10.6. The number of anilines is 2. The van der Waals surface area contributed by atoms with Crippen molar-refractivity contribution >= 4 is 17.9 Å². The summed E-state index contributed by atoms with van der Waals surface area (Å²) >= 11 is 0. The highest BCUT2D eigenvalue weighted by atomic mass is 16.6. The van der Waals surface area contributed by atoms with Gasteiger partial charge < -0.3 is 25.0 Å². The van der Waals surface area contributed by atoms with Gasteiger partial charge in [-0.1, -0.05) is 30.3 Å². The van der Waals surface area contributed by atoms with Crippen LogP contribution in [0.1, 0.15) is 19.8 Å². The molecule has 3 rings (SSSR count). The monoisotopic (exact) mass is 399 g/mol. The van der Waals surface area contributed by atoms with Gasteiger partial charge >= 0.3 is 6.09 Å². The summed E-state index contributed by atoms with van der Waals surface area (Å²) in [5.41, 5.74) is 1.89. The first kappa shape index (κ1) is 20.9. The smallest absolute Gasteiger partial charge is 0.409 e. The Balaban J connectivity index is 1.69. The number of carbonyl (C=O) groups is 1. The molecule has 0 bridgehead atoms. The maximum absolute atomic E-state index is 11.9. The molecule has 2 heterocycles. The molecule has 8 nitrogen and oxygen atoms in total. The molecule has 0 aliphatic carbocycles. The van der Waals surface area contributed by atoms with E-state index in [1.54, 1.807) is 12.0 Å². The van der Waals surface area contributed by atoms with Crippen LogP contribution in [0.3, 0.4) is 0 Å². The molecule has 156 valence electrons. The number of ether oxygens (including phenoxy) is 2. The Hall–Kier alpha value is -2.87. The van der Waals surface area contributed by atoms with Crippen LogP contribution < -0.4 is 10.6 Å². The standard InChI is InChI=1S/C21H29N5O3/c1-3-29-21(27)26-12-9-17(10-13-26)23-20-24-18(16-7-5-4-6-8-16)15-19(25-20)22-11-14-28-2/h4-8,15,17H,3,9-14H2,1-2H3,(H2,22,23,24,25). The number of hydrogen-bond acceptors (Lipinski definition) is 7. The number of likely N-dealkylation sites (tertiary alicyclic amines) is 1. The first-order chi connectivity index (χ1) is 14.2. The summed E-state index contributed by atoms with van der Waals surface area (Å²) in [7, 11) is 1.67. The number of aromatic nitrogens is 2. The van der Waals surface area contributed by atoms with E-state index in [0.29, 0.717) is 38.8 Å². The highest BCUT2D eigenvalue weighted by molar-refractivity contribution is 5.67. The van der Waals surface area contributed by atoms with Crippen LogP contribution in [-0.2, 0) is 9.47 Å². The van der Waals surface area contributed by atoms with E-state index in [-0.39, 0.29) is 12.1 Å². The van der Waals surface area contributed by atoms with Gasteiger partial charge in [0.1, 0.15) is 5.82 Å². The SMILES string of the molecule is CCOC(=O)N1CCC(Nc2nc(NCCOC)cc(-c3ccccc3)n2)CC1. The van der Waals surface area contributed by atoms with Gasteiger partial charge in [-0.15, -0.1) is 0 Å². The summed E-state index contributed by atoms with van der Waals surface area (Å²) in [6.07, 6.45) is 1.41. The van der Waals surface area contributed by atoms with E-state index in [1.165, 1.54) is 0 Å². The Bertz CT molecular complexity index is 779. The number of benzene rings is 1. The van der Waals surface area contributed by atoms with E-state index in [1.807, 2.05) is 43.3 Å². The van der Waals surface area contributed by atoms with Gasteiger partial charge in [0.25, 0.3) is 0 Å². The minimum absolute atomic E-state index is 0.207. The number of amides is 1. The third kappa shape index (κ3) is 6.05. The Morgan fingerprint density at radius 3 is 2.66 bits per heavy atom. The fraction of sp³-hybridized carbons (Fsp3) is 0.476. The van der Waals surface area contributed by atoms with Crippen molar-refractivity contribution in [1.82, 2.24) is 14.9 Å². The van der Waals surface area contributed by atoms with Crippen molar-refractivity contribution in [3.8, 4) is 11.3 Å². The van der Waals surface area contributed by atoms with E-state index >= 15 is 0 Å². The van der Waals surface area contributed by atoms with Crippen LogP contribution in [0.4, 0.5) is 16.6 Å². The van der Waals surface area contributed by atoms with E-state index in [4.69, 9.17) is 14.5 Å². The predicted molar refractivity (Wildman–Crippen MR) is 113 cm³/mol. The van der Waals surface area contributed by atoms with Crippen molar-refractivity contribution in [3.05, 3.63) is 36.4 Å². The van der Waals surface area contributed by atoms with Gasteiger partial charge in [0.2, 0.25) is 5.95 Å². The van der Waals surface area contributed by atoms with Gasteiger partial charge in [0, 0.05) is 44.4 Å². The zero-order chi connectivity index (χ0) is 20.5. The summed E-state index contributed by atoms with van der Waals surface area (Å²) in [5.74, 6) is 1.34. The zero-order valence-corrected chi connectivity index (χ0v) is 17.1. The topological polar surface area (TPSA) is 88.6 Å². The van der Waals surface area contributed by atoms with Crippen LogP contribution in [-0.4, -0.2) is 67.0 Å². The normalized spacial score (nSPS) is 14.5. The number of nitrogens with one attached hydrogen (secondary N) is 2. The lowest BCUT2D eigenvalue weighted by Crippen LogP contribution is -2.42. The summed E-state index contributed by atoms with van der Waals surface area (Å²) in [6.45, 7) is 4.80. The molecule has 2 aromatic rings. The Labute approximate surface area is 171 Å². The maximum Gasteiger partial charge on any atom is 0.409 e. The third-order valence-corrected chi connectivity index (χ3v) is 4.76. The second-order valence-corrected chi connectivity index (χ2v) is 6.85. The number of nitrogens with zero attached hydrogens (tertiary/aromatic N) is 3. The fourth-order valence-electron chi connectivity index (χ4n) is 3.24. The Kier molecular flexibility index (Phi) is 7.63. The van der Waals surface area contributed by atoms with Crippen molar-refractivity contribution < 1.29 is 14.3 Å². The number of carbonyl (C=O) groups excluding carboxylic acids is 1. The molecule has 1 aromatic heterocycles. The summed E-state index contributed by atoms with van der Waals surface area (Å²) in [5, 5.41) is 6.72. The van der Waals surface area contributed by atoms with E-state index in [0.717, 1.165) is 29.9 Å². The van der Waals surface area contributed by atoms with Crippen LogP contribution in [0, 0.1) is 0 Å². The second-order valence-electron chi connectivity index (χ2n) is 6.85. The third-order valence-electron chi connectivity index (χ3n) is 4.76. The van der Waals surface area contributed by atoms with E-state index in [2.05, 4.69) is 15.6 Å². The quantitative estimate of drug-likeness (QED) is 0.659. The molecular formula is C21H29N5O3. The number of methoxy groups -OCH3 is 1. The molecule has 1 fully saturated rings. The van der Waals surface area contributed by atoms with Gasteiger partial charge in [0.15, 0.2) is 0 Å². The lowest BCUT2D eigenvalue weighted by Gasteiger charge is -2.31. The molecule has 0 atom stereocenters. The Morgan fingerprint density at radius 2 is 1.97 bits per heavy atom. The summed E-state index contributed by atoms with van der Waals surface area (Å²) < 4.78 is 10.2. The van der Waals surface area contributed by atoms with Crippen LogP contribution in [0.5, 0.6) is 0 Å². The van der Waals surface area contributed by atoms with E-state index < -0.39 is 0 Å². The van der Waals surface area contributed by atoms with Crippen molar-refractivity contribution in [2.75, 3.05) is 50.6 Å². The average molecular weight is 399 g/mol. The predicted octanol–water partition coefficient (Wildman–Crippen LogP) is 3.23. The highest BCUT2D eigenvalue weighted by Gasteiger charge is 2.24. The van der Waals surface area contributed by atoms with Crippen molar-refractivity contribution in [2.24, 2.45) is 0 Å². The van der Waals surface area contributed by atoms with Crippen molar-refractivity contribution in [3.63, 3.8) is 0 Å². The first-order valence-corrected chi connectivity index (χ1v) is 10.0. The van der Waals surface area contributed by atoms with Gasteiger partial charge in [-0.25, -0.2) is 9.78 Å². The lowest BCUT2D eigenvalue weighted by atomic mass is 10.1. The number of rotatable bonds is 8. The van der Waals surface area contributed by atoms with Crippen LogP contribution in [0.25, 0.3) is 11.3 Å². The van der Waals surface area contributed by atoms with Gasteiger partial charge in [-0.05, 0) is 19.8 Å². The molecule has 0 saturated carbocycles. The highest BCUT2D eigenvalue weighted by Crippen LogP contribution is 2.23. The Morgan fingerprint density at radius 1 is 1.21 bits per heavy atom. The maximum atomic E-state index is 11.9. The molecule has 1 aliphatic rings. The molecule has 1 saturated heterocycles. The first-order valence-electron chi connectivity index (χ1n) is 10.0. The molecule has 1 aromatic carbocycles. The van der Waals surface area contributed by atoms with Crippen LogP contribution in [0.15, 0.2) is 36.4 Å². The van der Waals surface area contributed by atoms with Crippen LogP contribution in [0.2, 0.25) is 0 Å². The van der Waals surface area contributed by atoms with Gasteiger partial charge in [-0.2, -0.15) is 4.98 Å². The fourth-order valence-corrected chi connectivity index (χ4v) is 3.24. The van der Waals surface area contributed by atoms with Crippen LogP contribution >= 0.6 is 0 Å². The van der Waals surface area contributed by atoms with Crippen molar-refractivity contribution in [2.45, 2.75) is 25.8 Å². The van der Waals surface area contributed by atoms with Gasteiger partial charge in [0.05, 0.1) is 18.9 Å². The average Bonchev–Trinajstić information content (AvgIpc) is 2.75. The molecule has 0 spiro atoms. The molecule has 8 heteroatoms. The molecule has 0 radical (unpaired) electrons. The molecular weight excluding hydrogens is 370 g/mol. The zero-order valence-electron chi connectivity index (χ0n) is 17.1. The minimum atomic E-state index is -0.238. The van der Waals surface area contributed by atoms with Crippen molar-refractivity contribution in [1.29, 1.82) is 0 Å². The lowest BCUT2D eigenvalue weighted by molar-refractivity contribution is 0.0983. The molecule has 1 aliphatic heterocycles. The molecule has 0 unspecified atom stereocenters. The minimum Gasteiger partial charge on any atom is -0.450 e. The molecule has 2 N–H and O–H groups in total. The summed E-state index contributed by atoms with van der Waals surface area (Å²) in [6, 6.07) is 12.2. The number of hydrogen-bond donors (Lipinski definition) is 2. The van der Waals surface area contributed by atoms with Gasteiger partial charge in [-0.3, -0.25) is 0 Å². The number of piperidine rings is 1. The summed E-state index contributed by atoms with van der Waals surface area (Å²) in [4.78, 5) is 23.0. The molecule has 29 heavy (non-hydrogen) atoms. The molecule has 1 amide bonds. The van der Waals surface area contributed by atoms with E-state index in [9.17, 15) is 4.79 Å².